The van der Waals surface area contributed by atoms with Crippen LogP contribution in [0, 0.1) is 12.8 Å². The van der Waals surface area contributed by atoms with Gasteiger partial charge < -0.3 is 15.8 Å². The number of nitrogens with two attached hydrogens (primary N) is 1. The lowest BCUT2D eigenvalue weighted by molar-refractivity contribution is -0.115. The number of amides is 1. The van der Waals surface area contributed by atoms with Crippen molar-refractivity contribution in [2.75, 3.05) is 5.32 Å². The SMILES string of the molecule is Cc1nc(NCc2ccccc2)nc(C2=COC3C(C(N)=O)=CC=CC23)n1. The molecular formula is C20H19N5O2. The molecule has 0 fully saturated rings. The maximum Gasteiger partial charge on any atom is 0.248 e. The van der Waals surface area contributed by atoms with E-state index in [0.717, 1.165) is 11.1 Å². The van der Waals surface area contributed by atoms with Gasteiger partial charge in [-0.3, -0.25) is 4.79 Å². The van der Waals surface area contributed by atoms with E-state index in [1.165, 1.54) is 0 Å². The molecule has 1 aliphatic carbocycles. The van der Waals surface area contributed by atoms with Crippen molar-refractivity contribution < 1.29 is 9.53 Å². The van der Waals surface area contributed by atoms with Gasteiger partial charge in [0.1, 0.15) is 11.9 Å². The molecule has 27 heavy (non-hydrogen) atoms. The Morgan fingerprint density at radius 2 is 2.04 bits per heavy atom. The average Bonchev–Trinajstić information content (AvgIpc) is 3.11. The predicted octanol–water partition coefficient (Wildman–Crippen LogP) is 2.13. The van der Waals surface area contributed by atoms with Crippen LogP contribution in [0.1, 0.15) is 17.2 Å². The minimum atomic E-state index is -0.485. The third-order valence-electron chi connectivity index (χ3n) is 4.51. The monoisotopic (exact) mass is 361 g/mol. The topological polar surface area (TPSA) is 103 Å². The number of ether oxygens (including phenoxy) is 1. The maximum atomic E-state index is 11.6. The van der Waals surface area contributed by atoms with Gasteiger partial charge in [0.05, 0.1) is 17.8 Å². The Bertz CT molecular complexity index is 966. The number of hydrogen-bond donors (Lipinski definition) is 2. The second kappa shape index (κ2) is 7.03. The minimum absolute atomic E-state index is 0.152. The van der Waals surface area contributed by atoms with Crippen molar-refractivity contribution in [3.63, 3.8) is 0 Å². The Kier molecular flexibility index (Phi) is 4.42. The summed E-state index contributed by atoms with van der Waals surface area (Å²) in [7, 11) is 0. The number of carbonyl (C=O) groups excluding carboxylic acids is 1. The third kappa shape index (κ3) is 3.44. The summed E-state index contributed by atoms with van der Waals surface area (Å²) in [6, 6.07) is 10.0. The van der Waals surface area contributed by atoms with E-state index in [1.807, 2.05) is 49.4 Å². The van der Waals surface area contributed by atoms with Gasteiger partial charge >= 0.3 is 0 Å². The minimum Gasteiger partial charge on any atom is -0.492 e. The van der Waals surface area contributed by atoms with Gasteiger partial charge in [-0.25, -0.2) is 4.98 Å². The molecule has 1 aromatic heterocycles. The van der Waals surface area contributed by atoms with Crippen LogP contribution in [0.15, 0.2) is 60.4 Å². The molecule has 1 aromatic carbocycles. The largest absolute Gasteiger partial charge is 0.492 e. The number of anilines is 1. The van der Waals surface area contributed by atoms with Crippen LogP contribution in [0.3, 0.4) is 0 Å². The fourth-order valence-corrected chi connectivity index (χ4v) is 3.21. The van der Waals surface area contributed by atoms with Crippen LogP contribution in [-0.2, 0) is 16.1 Å². The first-order valence-electron chi connectivity index (χ1n) is 8.66. The van der Waals surface area contributed by atoms with Crippen LogP contribution in [0.2, 0.25) is 0 Å². The van der Waals surface area contributed by atoms with Crippen molar-refractivity contribution in [2.45, 2.75) is 19.6 Å². The van der Waals surface area contributed by atoms with Crippen LogP contribution in [-0.4, -0.2) is 27.0 Å². The second-order valence-corrected chi connectivity index (χ2v) is 6.40. The smallest absolute Gasteiger partial charge is 0.248 e. The van der Waals surface area contributed by atoms with Gasteiger partial charge in [-0.2, -0.15) is 9.97 Å². The molecule has 2 heterocycles. The van der Waals surface area contributed by atoms with E-state index in [1.54, 1.807) is 12.3 Å². The van der Waals surface area contributed by atoms with Crippen molar-refractivity contribution in [3.8, 4) is 0 Å². The lowest BCUT2D eigenvalue weighted by Crippen LogP contribution is -2.30. The number of nitrogens with zero attached hydrogens (tertiary/aromatic N) is 3. The van der Waals surface area contributed by atoms with Gasteiger partial charge in [-0.05, 0) is 12.5 Å². The Morgan fingerprint density at radius 1 is 1.22 bits per heavy atom. The van der Waals surface area contributed by atoms with E-state index in [2.05, 4.69) is 20.3 Å². The van der Waals surface area contributed by atoms with Crippen molar-refractivity contribution in [1.29, 1.82) is 0 Å². The van der Waals surface area contributed by atoms with E-state index >= 15 is 0 Å². The number of aryl methyl sites for hydroxylation is 1. The number of allylic oxidation sites excluding steroid dienone is 2. The molecule has 0 saturated heterocycles. The van der Waals surface area contributed by atoms with Crippen molar-refractivity contribution >= 4 is 17.4 Å². The highest BCUT2D eigenvalue weighted by molar-refractivity contribution is 5.94. The third-order valence-corrected chi connectivity index (χ3v) is 4.51. The molecular weight excluding hydrogens is 342 g/mol. The average molecular weight is 361 g/mol. The lowest BCUT2D eigenvalue weighted by Gasteiger charge is -2.21. The van der Waals surface area contributed by atoms with E-state index in [4.69, 9.17) is 10.5 Å². The highest BCUT2D eigenvalue weighted by atomic mass is 16.5. The highest BCUT2D eigenvalue weighted by Crippen LogP contribution is 2.38. The summed E-state index contributed by atoms with van der Waals surface area (Å²) in [5.41, 5.74) is 7.83. The number of rotatable bonds is 5. The number of benzene rings is 1. The molecule has 0 radical (unpaired) electrons. The molecule has 3 N–H and O–H groups in total. The summed E-state index contributed by atoms with van der Waals surface area (Å²) >= 11 is 0. The van der Waals surface area contributed by atoms with E-state index in [9.17, 15) is 4.79 Å². The van der Waals surface area contributed by atoms with Crippen LogP contribution in [0.25, 0.3) is 5.57 Å². The number of primary amides is 1. The first kappa shape index (κ1) is 17.0. The summed E-state index contributed by atoms with van der Waals surface area (Å²) < 4.78 is 5.70. The molecule has 2 aliphatic rings. The van der Waals surface area contributed by atoms with Crippen LogP contribution >= 0.6 is 0 Å². The zero-order valence-electron chi connectivity index (χ0n) is 14.8. The Morgan fingerprint density at radius 3 is 2.81 bits per heavy atom. The quantitative estimate of drug-likeness (QED) is 0.846. The zero-order chi connectivity index (χ0) is 18.8. The molecule has 0 spiro atoms. The second-order valence-electron chi connectivity index (χ2n) is 6.40. The molecule has 0 saturated carbocycles. The van der Waals surface area contributed by atoms with Gasteiger partial charge in [0.2, 0.25) is 11.9 Å². The van der Waals surface area contributed by atoms with Crippen LogP contribution in [0.5, 0.6) is 0 Å². The molecule has 7 nitrogen and oxygen atoms in total. The van der Waals surface area contributed by atoms with Gasteiger partial charge in [0, 0.05) is 12.1 Å². The standard InChI is InChI=1S/C20H19N5O2/c1-12-23-19(25-20(24-12)22-10-13-6-3-2-4-7-13)16-11-27-17-14(16)8-5-9-15(17)18(21)26/h2-9,11,14,17H,10H2,1H3,(H2,21,26)(H,22,23,24,25). The molecule has 0 bridgehead atoms. The first-order valence-corrected chi connectivity index (χ1v) is 8.66. The van der Waals surface area contributed by atoms with E-state index in [-0.39, 0.29) is 5.92 Å². The van der Waals surface area contributed by atoms with Crippen molar-refractivity contribution in [1.82, 2.24) is 15.0 Å². The fraction of sp³-hybridized carbons (Fsp3) is 0.200. The fourth-order valence-electron chi connectivity index (χ4n) is 3.21. The van der Waals surface area contributed by atoms with Crippen molar-refractivity contribution in [2.24, 2.45) is 11.7 Å². The Labute approximate surface area is 156 Å². The molecule has 4 rings (SSSR count). The van der Waals surface area contributed by atoms with Crippen LogP contribution < -0.4 is 11.1 Å². The number of aromatic nitrogens is 3. The van der Waals surface area contributed by atoms with Gasteiger partial charge in [-0.1, -0.05) is 48.6 Å². The summed E-state index contributed by atoms with van der Waals surface area (Å²) in [6.45, 7) is 2.43. The molecule has 2 unspecified atom stereocenters. The molecule has 1 aliphatic heterocycles. The van der Waals surface area contributed by atoms with Gasteiger partial charge in [0.15, 0.2) is 5.82 Å². The summed E-state index contributed by atoms with van der Waals surface area (Å²) in [4.78, 5) is 25.0. The summed E-state index contributed by atoms with van der Waals surface area (Å²) in [5, 5.41) is 3.23. The molecule has 7 heteroatoms. The maximum absolute atomic E-state index is 11.6. The van der Waals surface area contributed by atoms with Gasteiger partial charge in [0.25, 0.3) is 0 Å². The summed E-state index contributed by atoms with van der Waals surface area (Å²) in [6.07, 6.45) is 6.64. The normalized spacial score (nSPS) is 20.3. The first-order chi connectivity index (χ1) is 13.1. The molecule has 1 amide bonds. The lowest BCUT2D eigenvalue weighted by atomic mass is 9.86. The number of hydrogen-bond acceptors (Lipinski definition) is 6. The molecule has 2 atom stereocenters. The van der Waals surface area contributed by atoms with Crippen LogP contribution in [0.4, 0.5) is 5.95 Å². The predicted molar refractivity (Wildman–Crippen MR) is 101 cm³/mol. The van der Waals surface area contributed by atoms with E-state index < -0.39 is 12.0 Å². The number of carbonyl (C=O) groups is 1. The summed E-state index contributed by atoms with van der Waals surface area (Å²) in [5.74, 6) is 0.991. The van der Waals surface area contributed by atoms with E-state index in [0.29, 0.717) is 29.7 Å². The number of nitrogens with one attached hydrogen (secondary N) is 1. The molecule has 136 valence electrons. The zero-order valence-corrected chi connectivity index (χ0v) is 14.8. The number of fused-ring (bicyclic) bond motifs is 1. The Balaban J connectivity index is 1.56. The van der Waals surface area contributed by atoms with Crippen molar-refractivity contribution in [3.05, 3.63) is 77.6 Å². The molecule has 2 aromatic rings. The Hall–Kier alpha value is -3.48. The highest BCUT2D eigenvalue weighted by Gasteiger charge is 2.38. The van der Waals surface area contributed by atoms with Gasteiger partial charge in [-0.15, -0.1) is 0 Å².